The second-order valence-corrected chi connectivity index (χ2v) is 12.4. The SMILES string of the molecule is Cc1cccc(CN=c2cc(C3CCCC(C(=O)c4ccc(C5CCCCC5)cc4)CC3)nc3n2CCNC=C3)c1. The highest BCUT2D eigenvalue weighted by Gasteiger charge is 2.27. The summed E-state index contributed by atoms with van der Waals surface area (Å²) >= 11 is 0. The molecule has 1 N–H and O–H groups in total. The Morgan fingerprint density at radius 2 is 1.76 bits per heavy atom. The van der Waals surface area contributed by atoms with Gasteiger partial charge in [0.25, 0.3) is 0 Å². The molecule has 214 valence electrons. The van der Waals surface area contributed by atoms with Crippen molar-refractivity contribution >= 4 is 11.9 Å². The van der Waals surface area contributed by atoms with E-state index >= 15 is 0 Å². The second-order valence-electron chi connectivity index (χ2n) is 12.4. The van der Waals surface area contributed by atoms with E-state index in [1.807, 2.05) is 6.20 Å². The molecule has 2 atom stereocenters. The molecule has 3 aromatic rings. The number of benzene rings is 2. The van der Waals surface area contributed by atoms with Gasteiger partial charge >= 0.3 is 0 Å². The van der Waals surface area contributed by atoms with Crippen LogP contribution in [0.3, 0.4) is 0 Å². The third-order valence-electron chi connectivity index (χ3n) is 9.44. The van der Waals surface area contributed by atoms with Gasteiger partial charge in [0, 0.05) is 48.4 Å². The molecule has 0 saturated heterocycles. The lowest BCUT2D eigenvalue weighted by Crippen LogP contribution is -2.28. The fraction of sp³-hybridized carbons (Fsp3) is 0.472. The van der Waals surface area contributed by atoms with Crippen LogP contribution in [0.5, 0.6) is 0 Å². The molecule has 3 aliphatic rings. The van der Waals surface area contributed by atoms with Crippen molar-refractivity contribution in [2.45, 2.75) is 96.1 Å². The van der Waals surface area contributed by atoms with Crippen molar-refractivity contribution in [3.63, 3.8) is 0 Å². The molecule has 2 aliphatic carbocycles. The molecule has 2 unspecified atom stereocenters. The number of nitrogens with one attached hydrogen (secondary N) is 1. The molecule has 0 amide bonds. The van der Waals surface area contributed by atoms with Crippen molar-refractivity contribution in [2.75, 3.05) is 6.54 Å². The van der Waals surface area contributed by atoms with Crippen LogP contribution in [0.1, 0.15) is 115 Å². The first-order valence-corrected chi connectivity index (χ1v) is 15.9. The van der Waals surface area contributed by atoms with Gasteiger partial charge in [-0.15, -0.1) is 0 Å². The monoisotopic (exact) mass is 548 g/mol. The van der Waals surface area contributed by atoms with Crippen LogP contribution >= 0.6 is 0 Å². The summed E-state index contributed by atoms with van der Waals surface area (Å²) in [6.07, 6.45) is 15.7. The molecular weight excluding hydrogens is 504 g/mol. The molecule has 2 saturated carbocycles. The van der Waals surface area contributed by atoms with E-state index < -0.39 is 0 Å². The molecular formula is C36H44N4O. The molecule has 0 radical (unpaired) electrons. The summed E-state index contributed by atoms with van der Waals surface area (Å²) in [6.45, 7) is 4.48. The minimum atomic E-state index is 0.102. The predicted octanol–water partition coefficient (Wildman–Crippen LogP) is 7.46. The number of Topliss-reactive ketones (excluding diaryl/α,β-unsaturated/α-hetero) is 1. The molecule has 5 heteroatoms. The number of carbonyl (C=O) groups excluding carboxylic acids is 1. The van der Waals surface area contributed by atoms with Crippen molar-refractivity contribution in [1.82, 2.24) is 14.9 Å². The minimum Gasteiger partial charge on any atom is -0.389 e. The van der Waals surface area contributed by atoms with Crippen LogP contribution in [-0.2, 0) is 13.1 Å². The fourth-order valence-corrected chi connectivity index (χ4v) is 7.08. The topological polar surface area (TPSA) is 59.3 Å². The maximum Gasteiger partial charge on any atom is 0.165 e. The lowest BCUT2D eigenvalue weighted by atomic mass is 9.83. The number of nitrogens with zero attached hydrogens (tertiary/aromatic N) is 3. The van der Waals surface area contributed by atoms with Gasteiger partial charge in [-0.2, -0.15) is 0 Å². The molecule has 1 aromatic heterocycles. The third kappa shape index (κ3) is 6.72. The maximum absolute atomic E-state index is 13.6. The number of carbonyl (C=O) groups is 1. The maximum atomic E-state index is 13.6. The van der Waals surface area contributed by atoms with E-state index in [0.29, 0.717) is 24.2 Å². The predicted molar refractivity (Wildman–Crippen MR) is 166 cm³/mol. The van der Waals surface area contributed by atoms with Crippen molar-refractivity contribution < 1.29 is 4.79 Å². The van der Waals surface area contributed by atoms with Crippen LogP contribution in [0.25, 0.3) is 6.08 Å². The minimum absolute atomic E-state index is 0.102. The molecule has 2 aromatic carbocycles. The number of hydrogen-bond donors (Lipinski definition) is 1. The Balaban J connectivity index is 1.18. The molecule has 5 nitrogen and oxygen atoms in total. The van der Waals surface area contributed by atoms with Crippen molar-refractivity contribution in [2.24, 2.45) is 10.9 Å². The molecule has 2 heterocycles. The quantitative estimate of drug-likeness (QED) is 0.257. The standard InChI is InChI=1S/C36H44N4O/c1-26-7-5-8-27(23-26)25-38-35-24-33(39-34-19-20-37-21-22-40(34)35)30-11-6-12-31(18-15-30)36(41)32-16-13-29(14-17-32)28-9-3-2-4-10-28/h5,7-8,13-14,16-17,19-20,23-24,28,30-31,37H,2-4,6,9-12,15,18,21-22,25H2,1H3. The normalized spacial score (nSPS) is 21.9. The number of hydrogen-bond acceptors (Lipinski definition) is 4. The molecule has 1 aliphatic heterocycles. The van der Waals surface area contributed by atoms with Gasteiger partial charge in [0.15, 0.2) is 5.78 Å². The van der Waals surface area contributed by atoms with Gasteiger partial charge in [0.2, 0.25) is 0 Å². The highest BCUT2D eigenvalue weighted by Crippen LogP contribution is 2.36. The van der Waals surface area contributed by atoms with Crippen molar-refractivity contribution in [3.05, 3.63) is 100 Å². The first-order valence-electron chi connectivity index (χ1n) is 15.9. The van der Waals surface area contributed by atoms with Gasteiger partial charge in [0.1, 0.15) is 11.3 Å². The fourth-order valence-electron chi connectivity index (χ4n) is 7.08. The summed E-state index contributed by atoms with van der Waals surface area (Å²) in [5.41, 5.74) is 6.91. The number of fused-ring (bicyclic) bond motifs is 1. The van der Waals surface area contributed by atoms with Crippen LogP contribution < -0.4 is 10.8 Å². The van der Waals surface area contributed by atoms with Crippen LogP contribution in [-0.4, -0.2) is 21.9 Å². The van der Waals surface area contributed by atoms with Gasteiger partial charge in [-0.1, -0.05) is 79.8 Å². The Morgan fingerprint density at radius 1 is 0.927 bits per heavy atom. The lowest BCUT2D eigenvalue weighted by molar-refractivity contribution is 0.0907. The number of aromatic nitrogens is 2. The summed E-state index contributed by atoms with van der Waals surface area (Å²) in [6, 6.07) is 19.5. The Bertz CT molecular complexity index is 1450. The lowest BCUT2D eigenvalue weighted by Gasteiger charge is -2.22. The Hall–Kier alpha value is -3.47. The van der Waals surface area contributed by atoms with E-state index in [1.54, 1.807) is 0 Å². The van der Waals surface area contributed by atoms with Gasteiger partial charge in [-0.25, -0.2) is 4.98 Å². The highest BCUT2D eigenvalue weighted by molar-refractivity contribution is 5.97. The summed E-state index contributed by atoms with van der Waals surface area (Å²) < 4.78 is 2.23. The number of ketones is 1. The zero-order chi connectivity index (χ0) is 28.0. The molecule has 2 fully saturated rings. The van der Waals surface area contributed by atoms with Crippen molar-refractivity contribution in [3.8, 4) is 0 Å². The third-order valence-corrected chi connectivity index (χ3v) is 9.44. The first-order chi connectivity index (χ1) is 20.1. The summed E-state index contributed by atoms with van der Waals surface area (Å²) in [4.78, 5) is 23.8. The Labute approximate surface area is 244 Å². The summed E-state index contributed by atoms with van der Waals surface area (Å²) in [5.74, 6) is 2.42. The summed E-state index contributed by atoms with van der Waals surface area (Å²) in [7, 11) is 0. The largest absolute Gasteiger partial charge is 0.389 e. The van der Waals surface area contributed by atoms with E-state index in [4.69, 9.17) is 9.98 Å². The molecule has 6 rings (SSSR count). The van der Waals surface area contributed by atoms with Gasteiger partial charge in [0.05, 0.1) is 6.54 Å². The average Bonchev–Trinajstić information content (AvgIpc) is 3.41. The van der Waals surface area contributed by atoms with Gasteiger partial charge < -0.3 is 9.88 Å². The van der Waals surface area contributed by atoms with Crippen molar-refractivity contribution in [1.29, 1.82) is 0 Å². The van der Waals surface area contributed by atoms with E-state index in [2.05, 4.69) is 77.5 Å². The second kappa shape index (κ2) is 13.0. The van der Waals surface area contributed by atoms with Crippen LogP contribution in [0, 0.1) is 12.8 Å². The number of aryl methyl sites for hydroxylation is 1. The van der Waals surface area contributed by atoms with Crippen LogP contribution in [0.2, 0.25) is 0 Å². The smallest absolute Gasteiger partial charge is 0.165 e. The Morgan fingerprint density at radius 3 is 2.59 bits per heavy atom. The van der Waals surface area contributed by atoms with E-state index in [1.165, 1.54) is 48.8 Å². The average molecular weight is 549 g/mol. The summed E-state index contributed by atoms with van der Waals surface area (Å²) in [5, 5.41) is 3.35. The zero-order valence-electron chi connectivity index (χ0n) is 24.5. The van der Waals surface area contributed by atoms with Gasteiger partial charge in [-0.05, 0) is 68.6 Å². The van der Waals surface area contributed by atoms with Crippen LogP contribution in [0.15, 0.2) is 65.8 Å². The van der Waals surface area contributed by atoms with E-state index in [-0.39, 0.29) is 5.92 Å². The van der Waals surface area contributed by atoms with E-state index in [9.17, 15) is 4.79 Å². The Kier molecular flexibility index (Phi) is 8.79. The van der Waals surface area contributed by atoms with Crippen LogP contribution in [0.4, 0.5) is 0 Å². The molecule has 0 bridgehead atoms. The van der Waals surface area contributed by atoms with Gasteiger partial charge in [-0.3, -0.25) is 9.79 Å². The molecule has 0 spiro atoms. The first kappa shape index (κ1) is 27.7. The molecule has 41 heavy (non-hydrogen) atoms. The highest BCUT2D eigenvalue weighted by atomic mass is 16.1. The van der Waals surface area contributed by atoms with E-state index in [0.717, 1.165) is 67.8 Å². The number of rotatable bonds is 6. The zero-order valence-corrected chi connectivity index (χ0v) is 24.5.